The Bertz CT molecular complexity index is 753. The third kappa shape index (κ3) is 3.03. The van der Waals surface area contributed by atoms with Crippen LogP contribution in [0.15, 0.2) is 36.0 Å². The molecule has 4 aliphatic rings. The number of hydrogen-bond acceptors (Lipinski definition) is 7. The zero-order valence-electron chi connectivity index (χ0n) is 15.7. The molecule has 0 aromatic rings. The maximum Gasteiger partial charge on any atom is 0.334 e. The second-order valence-corrected chi connectivity index (χ2v) is 7.89. The quantitative estimate of drug-likeness (QED) is 0.321. The van der Waals surface area contributed by atoms with E-state index in [2.05, 4.69) is 13.2 Å². The summed E-state index contributed by atoms with van der Waals surface area (Å²) in [5, 5.41) is 0. The summed E-state index contributed by atoms with van der Waals surface area (Å²) in [4.78, 5) is 24.5. The Labute approximate surface area is 157 Å². The first-order valence-electron chi connectivity index (χ1n) is 9.06. The maximum atomic E-state index is 12.3. The van der Waals surface area contributed by atoms with Crippen LogP contribution in [0.5, 0.6) is 0 Å². The van der Waals surface area contributed by atoms with E-state index in [0.29, 0.717) is 18.4 Å². The van der Waals surface area contributed by atoms with E-state index in [1.807, 2.05) is 13.0 Å². The van der Waals surface area contributed by atoms with Crippen LogP contribution >= 0.6 is 0 Å². The number of methoxy groups -OCH3 is 1. The Hall–Kier alpha value is -1.96. The van der Waals surface area contributed by atoms with E-state index in [9.17, 15) is 9.59 Å². The minimum atomic E-state index is -0.657. The predicted octanol–water partition coefficient (Wildman–Crippen LogP) is 1.82. The standard InChI is InChI=1S/C20H24O7/c1-9(2)17(21)25-13-7-11-6-12(24-19(11)23-5)8-20(4)16(27-20)15-14(13)10(3)18(22)26-15/h6,12-16,19H,1,3,7-8H2,2,4-5H3. The summed E-state index contributed by atoms with van der Waals surface area (Å²) in [6.45, 7) is 11.1. The molecule has 0 amide bonds. The zero-order valence-corrected chi connectivity index (χ0v) is 15.7. The van der Waals surface area contributed by atoms with Crippen LogP contribution in [0, 0.1) is 5.92 Å². The molecule has 2 bridgehead atoms. The molecule has 2 saturated heterocycles. The number of hydrogen-bond donors (Lipinski definition) is 0. The Balaban J connectivity index is 1.72. The zero-order chi connectivity index (χ0) is 19.5. The Morgan fingerprint density at radius 1 is 1.41 bits per heavy atom. The van der Waals surface area contributed by atoms with Gasteiger partial charge in [-0.1, -0.05) is 19.2 Å². The molecule has 0 aromatic heterocycles. The summed E-state index contributed by atoms with van der Waals surface area (Å²) < 4.78 is 28.6. The van der Waals surface area contributed by atoms with Gasteiger partial charge in [-0.15, -0.1) is 0 Å². The minimum absolute atomic E-state index is 0.172. The monoisotopic (exact) mass is 376 g/mol. The normalized spacial score (nSPS) is 42.6. The van der Waals surface area contributed by atoms with Crippen molar-refractivity contribution >= 4 is 11.9 Å². The van der Waals surface area contributed by atoms with Gasteiger partial charge >= 0.3 is 11.9 Å². The average molecular weight is 376 g/mol. The van der Waals surface area contributed by atoms with Crippen LogP contribution in [0.1, 0.15) is 26.7 Å². The third-order valence-electron chi connectivity index (χ3n) is 5.77. The lowest BCUT2D eigenvalue weighted by Crippen LogP contribution is -2.39. The van der Waals surface area contributed by atoms with E-state index >= 15 is 0 Å². The topological polar surface area (TPSA) is 83.6 Å². The van der Waals surface area contributed by atoms with Gasteiger partial charge in [0.15, 0.2) is 6.29 Å². The van der Waals surface area contributed by atoms with Gasteiger partial charge in [0.25, 0.3) is 0 Å². The second-order valence-electron chi connectivity index (χ2n) is 7.89. The first-order chi connectivity index (χ1) is 12.7. The van der Waals surface area contributed by atoms with Crippen molar-refractivity contribution in [1.29, 1.82) is 0 Å². The molecule has 146 valence electrons. The molecule has 0 saturated carbocycles. The van der Waals surface area contributed by atoms with Gasteiger partial charge in [-0.05, 0) is 19.4 Å². The fourth-order valence-corrected chi connectivity index (χ4v) is 4.32. The lowest BCUT2D eigenvalue weighted by Gasteiger charge is -2.28. The molecular formula is C20H24O7. The Kier molecular flexibility index (Phi) is 4.29. The van der Waals surface area contributed by atoms with Gasteiger partial charge in [0.2, 0.25) is 0 Å². The van der Waals surface area contributed by atoms with Crippen LogP contribution in [0.3, 0.4) is 0 Å². The van der Waals surface area contributed by atoms with Crippen molar-refractivity contribution in [3.05, 3.63) is 36.0 Å². The molecular weight excluding hydrogens is 352 g/mol. The van der Waals surface area contributed by atoms with Crippen LogP contribution in [0.2, 0.25) is 0 Å². The first-order valence-corrected chi connectivity index (χ1v) is 9.06. The van der Waals surface area contributed by atoms with Gasteiger partial charge in [-0.2, -0.15) is 0 Å². The van der Waals surface area contributed by atoms with E-state index in [4.69, 9.17) is 23.7 Å². The van der Waals surface area contributed by atoms with E-state index in [1.165, 1.54) is 0 Å². The summed E-state index contributed by atoms with van der Waals surface area (Å²) in [5.41, 5.74) is 0.964. The molecule has 7 nitrogen and oxygen atoms in total. The van der Waals surface area contributed by atoms with Gasteiger partial charge in [0, 0.05) is 31.1 Å². The highest BCUT2D eigenvalue weighted by Crippen LogP contribution is 2.51. The summed E-state index contributed by atoms with van der Waals surface area (Å²) in [6, 6.07) is 0. The SMILES string of the molecule is C=C(C)C(=O)OC1CC2=CC(CC3(C)OC3C3OC(=O)C(=C)C13)OC2OC. The van der Waals surface area contributed by atoms with Crippen LogP contribution in [-0.4, -0.2) is 55.4 Å². The van der Waals surface area contributed by atoms with E-state index in [0.717, 1.165) is 5.57 Å². The number of rotatable bonds is 3. The van der Waals surface area contributed by atoms with Gasteiger partial charge in [-0.25, -0.2) is 9.59 Å². The van der Waals surface area contributed by atoms with Crippen LogP contribution in [0.4, 0.5) is 0 Å². The van der Waals surface area contributed by atoms with Gasteiger partial charge in [-0.3, -0.25) is 0 Å². The van der Waals surface area contributed by atoms with Crippen molar-refractivity contribution in [2.24, 2.45) is 5.92 Å². The summed E-state index contributed by atoms with van der Waals surface area (Å²) >= 11 is 0. The van der Waals surface area contributed by atoms with Crippen molar-refractivity contribution < 1.29 is 33.3 Å². The Morgan fingerprint density at radius 3 is 2.81 bits per heavy atom. The minimum Gasteiger partial charge on any atom is -0.458 e. The molecule has 1 aliphatic carbocycles. The van der Waals surface area contributed by atoms with E-state index < -0.39 is 42.0 Å². The largest absolute Gasteiger partial charge is 0.458 e. The summed E-state index contributed by atoms with van der Waals surface area (Å²) in [7, 11) is 1.57. The second kappa shape index (κ2) is 6.29. The number of fused-ring (bicyclic) bond motifs is 4. The van der Waals surface area contributed by atoms with Crippen molar-refractivity contribution in [2.75, 3.05) is 7.11 Å². The molecule has 0 aromatic carbocycles. The average Bonchev–Trinajstić information content (AvgIpc) is 2.96. The highest BCUT2D eigenvalue weighted by molar-refractivity contribution is 5.91. The summed E-state index contributed by atoms with van der Waals surface area (Å²) in [5.74, 6) is -1.49. The number of epoxide rings is 1. The number of ether oxygens (including phenoxy) is 5. The number of esters is 2. The number of carbonyl (C=O) groups excluding carboxylic acids is 2. The van der Waals surface area contributed by atoms with Crippen LogP contribution in [0.25, 0.3) is 0 Å². The van der Waals surface area contributed by atoms with Crippen molar-refractivity contribution in [2.45, 2.75) is 63.0 Å². The first kappa shape index (κ1) is 18.4. The molecule has 2 fully saturated rings. The molecule has 27 heavy (non-hydrogen) atoms. The molecule has 0 radical (unpaired) electrons. The molecule has 3 heterocycles. The van der Waals surface area contributed by atoms with Gasteiger partial charge in [0.05, 0.1) is 17.6 Å². The van der Waals surface area contributed by atoms with Crippen molar-refractivity contribution in [1.82, 2.24) is 0 Å². The highest BCUT2D eigenvalue weighted by Gasteiger charge is 2.64. The van der Waals surface area contributed by atoms with E-state index in [1.54, 1.807) is 14.0 Å². The molecule has 7 atom stereocenters. The molecule has 3 aliphatic heterocycles. The summed E-state index contributed by atoms with van der Waals surface area (Å²) in [6.07, 6.45) is 0.794. The highest BCUT2D eigenvalue weighted by atomic mass is 16.7. The predicted molar refractivity (Wildman–Crippen MR) is 93.5 cm³/mol. The Morgan fingerprint density at radius 2 is 2.15 bits per heavy atom. The molecule has 0 spiro atoms. The lowest BCUT2D eigenvalue weighted by molar-refractivity contribution is -0.149. The fraction of sp³-hybridized carbons (Fsp3) is 0.600. The third-order valence-corrected chi connectivity index (χ3v) is 5.77. The lowest BCUT2D eigenvalue weighted by atomic mass is 9.82. The van der Waals surface area contributed by atoms with Crippen LogP contribution < -0.4 is 0 Å². The van der Waals surface area contributed by atoms with Crippen molar-refractivity contribution in [3.8, 4) is 0 Å². The maximum absolute atomic E-state index is 12.3. The molecule has 4 rings (SSSR count). The van der Waals surface area contributed by atoms with Crippen LogP contribution in [-0.2, 0) is 33.3 Å². The smallest absolute Gasteiger partial charge is 0.334 e. The van der Waals surface area contributed by atoms with Crippen molar-refractivity contribution in [3.63, 3.8) is 0 Å². The van der Waals surface area contributed by atoms with Gasteiger partial charge < -0.3 is 23.7 Å². The van der Waals surface area contributed by atoms with Gasteiger partial charge in [0.1, 0.15) is 18.3 Å². The van der Waals surface area contributed by atoms with E-state index in [-0.39, 0.29) is 17.8 Å². The number of carbonyl (C=O) groups is 2. The fourth-order valence-electron chi connectivity index (χ4n) is 4.32. The molecule has 7 unspecified atom stereocenters. The molecule has 7 heteroatoms. The molecule has 0 N–H and O–H groups in total.